The molecule has 1 aliphatic rings. The quantitative estimate of drug-likeness (QED) is 0.695. The van der Waals surface area contributed by atoms with Gasteiger partial charge in [0.1, 0.15) is 11.0 Å². The van der Waals surface area contributed by atoms with E-state index < -0.39 is 0 Å². The van der Waals surface area contributed by atoms with Crippen molar-refractivity contribution in [3.63, 3.8) is 0 Å². The normalized spacial score (nSPS) is 17.4. The Morgan fingerprint density at radius 3 is 3.07 bits per heavy atom. The third-order valence-corrected chi connectivity index (χ3v) is 5.07. The third-order valence-electron chi connectivity index (χ3n) is 5.07. The van der Waals surface area contributed by atoms with E-state index in [1.165, 1.54) is 0 Å². The van der Waals surface area contributed by atoms with E-state index in [0.717, 1.165) is 41.0 Å². The van der Waals surface area contributed by atoms with Crippen molar-refractivity contribution < 1.29 is 9.47 Å². The molecule has 0 aromatic carbocycles. The highest BCUT2D eigenvalue weighted by molar-refractivity contribution is 5.87. The smallest absolute Gasteiger partial charge is 0.217 e. The molecule has 27 heavy (non-hydrogen) atoms. The summed E-state index contributed by atoms with van der Waals surface area (Å²) in [6.45, 7) is 8.33. The Morgan fingerprint density at radius 1 is 1.41 bits per heavy atom. The van der Waals surface area contributed by atoms with E-state index in [0.29, 0.717) is 25.1 Å². The molecule has 0 bridgehead atoms. The summed E-state index contributed by atoms with van der Waals surface area (Å²) in [7, 11) is 0. The molecular formula is C20H25N5O2. The van der Waals surface area contributed by atoms with Gasteiger partial charge in [0, 0.05) is 23.8 Å². The predicted octanol–water partition coefficient (Wildman–Crippen LogP) is 3.28. The van der Waals surface area contributed by atoms with E-state index in [-0.39, 0.29) is 5.41 Å². The first-order chi connectivity index (χ1) is 13.1. The van der Waals surface area contributed by atoms with Gasteiger partial charge in [-0.3, -0.25) is 5.10 Å². The third kappa shape index (κ3) is 3.35. The summed E-state index contributed by atoms with van der Waals surface area (Å²) in [4.78, 5) is 9.29. The predicted molar refractivity (Wildman–Crippen MR) is 104 cm³/mol. The fraction of sp³-hybridized carbons (Fsp3) is 0.450. The molecule has 0 spiro atoms. The summed E-state index contributed by atoms with van der Waals surface area (Å²) in [6.07, 6.45) is 4.51. The number of aromatic amines is 1. The van der Waals surface area contributed by atoms with Crippen LogP contribution in [-0.2, 0) is 10.2 Å². The highest BCUT2D eigenvalue weighted by atomic mass is 16.5. The maximum atomic E-state index is 5.77. The summed E-state index contributed by atoms with van der Waals surface area (Å²) >= 11 is 0. The fourth-order valence-corrected chi connectivity index (χ4v) is 3.49. The zero-order valence-electron chi connectivity index (χ0n) is 16.0. The Hall–Kier alpha value is -2.67. The lowest BCUT2D eigenvalue weighted by Gasteiger charge is -2.27. The van der Waals surface area contributed by atoms with Crippen molar-refractivity contribution in [1.29, 1.82) is 0 Å². The maximum Gasteiger partial charge on any atom is 0.217 e. The van der Waals surface area contributed by atoms with Crippen molar-refractivity contribution in [1.82, 2.24) is 20.2 Å². The van der Waals surface area contributed by atoms with Crippen molar-refractivity contribution >= 4 is 16.7 Å². The van der Waals surface area contributed by atoms with Crippen LogP contribution in [0.1, 0.15) is 38.4 Å². The number of pyridine rings is 2. The van der Waals surface area contributed by atoms with Crippen LogP contribution in [0.4, 0.5) is 5.69 Å². The summed E-state index contributed by atoms with van der Waals surface area (Å²) < 4.78 is 11.3. The number of anilines is 1. The largest absolute Gasteiger partial charge is 0.478 e. The van der Waals surface area contributed by atoms with Gasteiger partial charge in [0.2, 0.25) is 5.88 Å². The Bertz CT molecular complexity index is 931. The molecule has 2 N–H and O–H groups in total. The Balaban J connectivity index is 1.78. The molecule has 1 aliphatic heterocycles. The minimum atomic E-state index is -0.382. The molecule has 142 valence electrons. The van der Waals surface area contributed by atoms with Crippen LogP contribution in [-0.4, -0.2) is 46.0 Å². The molecule has 3 aromatic heterocycles. The van der Waals surface area contributed by atoms with Crippen molar-refractivity contribution in [3.05, 3.63) is 41.9 Å². The van der Waals surface area contributed by atoms with E-state index in [9.17, 15) is 0 Å². The summed E-state index contributed by atoms with van der Waals surface area (Å²) in [5.74, 6) is 0.651. The fourth-order valence-electron chi connectivity index (χ4n) is 3.49. The summed E-state index contributed by atoms with van der Waals surface area (Å²) in [6, 6.07) is 6.39. The Morgan fingerprint density at radius 2 is 2.30 bits per heavy atom. The second-order valence-electron chi connectivity index (χ2n) is 7.30. The molecule has 4 rings (SSSR count). The molecule has 7 heteroatoms. The van der Waals surface area contributed by atoms with E-state index in [1.807, 2.05) is 13.0 Å². The van der Waals surface area contributed by atoms with Gasteiger partial charge in [-0.15, -0.1) is 0 Å². The minimum absolute atomic E-state index is 0.298. The first-order valence-electron chi connectivity index (χ1n) is 9.36. The lowest BCUT2D eigenvalue weighted by Crippen LogP contribution is -2.24. The molecule has 1 saturated heterocycles. The topological polar surface area (TPSA) is 85.0 Å². The highest BCUT2D eigenvalue weighted by Gasteiger charge is 2.30. The van der Waals surface area contributed by atoms with Crippen molar-refractivity contribution in [2.24, 2.45) is 0 Å². The molecule has 7 nitrogen and oxygen atoms in total. The Labute approximate surface area is 158 Å². The molecule has 3 aromatic rings. The molecule has 1 atom stereocenters. The van der Waals surface area contributed by atoms with Crippen molar-refractivity contribution in [2.75, 3.05) is 25.1 Å². The standard InChI is InChI=1S/C20H25N5O2/c1-4-27-19-14(6-5-8-21-19)20(2,3)17-10-15(23-13-7-9-26-12-13)18-16(24-17)11-22-25-18/h5-6,8,10-11,13H,4,7,9,12H2,1-3H3,(H,22,25)(H,23,24). The van der Waals surface area contributed by atoms with Crippen LogP contribution in [0.3, 0.4) is 0 Å². The SMILES string of the molecule is CCOc1ncccc1C(C)(C)c1cc(NC2CCOC2)c2[nH]ncc2n1. The maximum absolute atomic E-state index is 5.77. The van der Waals surface area contributed by atoms with Gasteiger partial charge in [0.15, 0.2) is 0 Å². The number of nitrogens with one attached hydrogen (secondary N) is 2. The average Bonchev–Trinajstić information content (AvgIpc) is 3.34. The lowest BCUT2D eigenvalue weighted by atomic mass is 9.81. The van der Waals surface area contributed by atoms with Gasteiger partial charge >= 0.3 is 0 Å². The summed E-state index contributed by atoms with van der Waals surface area (Å²) in [5, 5.41) is 10.8. The monoisotopic (exact) mass is 367 g/mol. The van der Waals surface area contributed by atoms with Crippen LogP contribution in [0.5, 0.6) is 5.88 Å². The molecule has 0 radical (unpaired) electrons. The van der Waals surface area contributed by atoms with E-state index >= 15 is 0 Å². The first kappa shape index (κ1) is 17.7. The van der Waals surface area contributed by atoms with Crippen LogP contribution in [0.25, 0.3) is 11.0 Å². The number of hydrogen-bond donors (Lipinski definition) is 2. The molecule has 1 fully saturated rings. The van der Waals surface area contributed by atoms with E-state index in [2.05, 4.69) is 46.5 Å². The van der Waals surface area contributed by atoms with E-state index in [1.54, 1.807) is 12.4 Å². The van der Waals surface area contributed by atoms with Crippen LogP contribution in [0.15, 0.2) is 30.6 Å². The summed E-state index contributed by atoms with van der Waals surface area (Å²) in [5.41, 5.74) is 4.32. The zero-order chi connectivity index (χ0) is 18.9. The highest BCUT2D eigenvalue weighted by Crippen LogP contribution is 2.37. The molecule has 0 saturated carbocycles. The Kier molecular flexibility index (Phi) is 4.70. The van der Waals surface area contributed by atoms with Gasteiger partial charge < -0.3 is 14.8 Å². The number of H-pyrrole nitrogens is 1. The number of aromatic nitrogens is 4. The average molecular weight is 367 g/mol. The van der Waals surface area contributed by atoms with Gasteiger partial charge in [0.25, 0.3) is 0 Å². The van der Waals surface area contributed by atoms with Crippen molar-refractivity contribution in [2.45, 2.75) is 38.6 Å². The molecule has 4 heterocycles. The number of rotatable bonds is 6. The van der Waals surface area contributed by atoms with Crippen LogP contribution in [0.2, 0.25) is 0 Å². The van der Waals surface area contributed by atoms with Gasteiger partial charge in [0.05, 0.1) is 36.8 Å². The number of nitrogens with zero attached hydrogens (tertiary/aromatic N) is 3. The number of fused-ring (bicyclic) bond motifs is 1. The molecule has 0 aliphatic carbocycles. The van der Waals surface area contributed by atoms with Crippen molar-refractivity contribution in [3.8, 4) is 5.88 Å². The van der Waals surface area contributed by atoms with Crippen LogP contribution < -0.4 is 10.1 Å². The van der Waals surface area contributed by atoms with E-state index in [4.69, 9.17) is 14.5 Å². The molecular weight excluding hydrogens is 342 g/mol. The number of hydrogen-bond acceptors (Lipinski definition) is 6. The second kappa shape index (κ2) is 7.15. The van der Waals surface area contributed by atoms with Gasteiger partial charge in [-0.1, -0.05) is 6.07 Å². The second-order valence-corrected chi connectivity index (χ2v) is 7.30. The van der Waals surface area contributed by atoms with Gasteiger partial charge in [-0.2, -0.15) is 5.10 Å². The lowest BCUT2D eigenvalue weighted by molar-refractivity contribution is 0.195. The molecule has 1 unspecified atom stereocenters. The van der Waals surface area contributed by atoms with Gasteiger partial charge in [-0.25, -0.2) is 9.97 Å². The first-order valence-corrected chi connectivity index (χ1v) is 9.36. The van der Waals surface area contributed by atoms with Crippen LogP contribution in [0, 0.1) is 0 Å². The number of ether oxygens (including phenoxy) is 2. The minimum Gasteiger partial charge on any atom is -0.478 e. The van der Waals surface area contributed by atoms with Gasteiger partial charge in [-0.05, 0) is 39.3 Å². The molecule has 0 amide bonds. The zero-order valence-corrected chi connectivity index (χ0v) is 16.0. The van der Waals surface area contributed by atoms with Crippen LogP contribution >= 0.6 is 0 Å².